The Bertz CT molecular complexity index is 214. The average Bonchev–Trinajstić information content (AvgIpc) is 2.27. The number of oxime groups is 1. The second-order valence-electron chi connectivity index (χ2n) is 4.03. The van der Waals surface area contributed by atoms with E-state index < -0.39 is 5.97 Å². The number of hydrogen-bond acceptors (Lipinski definition) is 3. The first-order valence-corrected chi connectivity index (χ1v) is 6.12. The molecule has 0 rings (SSSR count). The van der Waals surface area contributed by atoms with Gasteiger partial charge in [0.25, 0.3) is 0 Å². The number of rotatable bonds is 10. The fourth-order valence-corrected chi connectivity index (χ4v) is 1.61. The van der Waals surface area contributed by atoms with Crippen molar-refractivity contribution in [2.75, 3.05) is 0 Å². The van der Waals surface area contributed by atoms with E-state index in [4.69, 9.17) is 10.3 Å². The molecular formula is C12H23NO3. The summed E-state index contributed by atoms with van der Waals surface area (Å²) in [5, 5.41) is 20.2. The zero-order chi connectivity index (χ0) is 12.2. The summed E-state index contributed by atoms with van der Waals surface area (Å²) in [5.41, 5.74) is 0.867. The number of carbonyl (C=O) groups is 1. The Morgan fingerprint density at radius 1 is 1.00 bits per heavy atom. The molecule has 0 bridgehead atoms. The molecule has 0 atom stereocenters. The van der Waals surface area contributed by atoms with Gasteiger partial charge in [0.15, 0.2) is 0 Å². The van der Waals surface area contributed by atoms with Gasteiger partial charge < -0.3 is 10.3 Å². The molecule has 0 aromatic heterocycles. The molecule has 0 saturated carbocycles. The van der Waals surface area contributed by atoms with E-state index in [9.17, 15) is 4.79 Å². The third kappa shape index (κ3) is 9.49. The van der Waals surface area contributed by atoms with E-state index in [1.54, 1.807) is 0 Å². The molecule has 0 aliphatic carbocycles. The lowest BCUT2D eigenvalue weighted by atomic mass is 10.1. The summed E-state index contributed by atoms with van der Waals surface area (Å²) >= 11 is 0. The minimum atomic E-state index is -0.702. The van der Waals surface area contributed by atoms with Crippen LogP contribution < -0.4 is 0 Å². The Balaban J connectivity index is 3.18. The molecule has 0 aromatic rings. The molecule has 16 heavy (non-hydrogen) atoms. The van der Waals surface area contributed by atoms with Gasteiger partial charge in [-0.15, -0.1) is 0 Å². The van der Waals surface area contributed by atoms with Gasteiger partial charge >= 0.3 is 5.97 Å². The highest BCUT2D eigenvalue weighted by atomic mass is 16.4. The van der Waals surface area contributed by atoms with E-state index in [0.717, 1.165) is 57.1 Å². The number of carboxylic acid groups (broad SMARTS) is 1. The van der Waals surface area contributed by atoms with E-state index in [1.165, 1.54) is 0 Å². The molecule has 4 heteroatoms. The van der Waals surface area contributed by atoms with Gasteiger partial charge in [0.1, 0.15) is 0 Å². The quantitative estimate of drug-likeness (QED) is 0.261. The van der Waals surface area contributed by atoms with E-state index in [2.05, 4.69) is 5.16 Å². The Morgan fingerprint density at radius 3 is 1.94 bits per heavy atom. The molecule has 0 aromatic carbocycles. The van der Waals surface area contributed by atoms with Crippen molar-refractivity contribution in [2.45, 2.75) is 64.7 Å². The highest BCUT2D eigenvalue weighted by Crippen LogP contribution is 2.09. The summed E-state index contributed by atoms with van der Waals surface area (Å²) in [5.74, 6) is -0.702. The number of aliphatic carboxylic acids is 1. The summed E-state index contributed by atoms with van der Waals surface area (Å²) in [6.07, 6.45) is 8.20. The second-order valence-corrected chi connectivity index (χ2v) is 4.03. The van der Waals surface area contributed by atoms with E-state index in [-0.39, 0.29) is 6.42 Å². The van der Waals surface area contributed by atoms with Crippen molar-refractivity contribution < 1.29 is 15.1 Å². The maximum absolute atomic E-state index is 10.2. The molecule has 0 fully saturated rings. The Morgan fingerprint density at radius 2 is 1.50 bits per heavy atom. The minimum Gasteiger partial charge on any atom is -0.481 e. The van der Waals surface area contributed by atoms with Crippen molar-refractivity contribution in [1.29, 1.82) is 0 Å². The Labute approximate surface area is 97.4 Å². The highest BCUT2D eigenvalue weighted by Gasteiger charge is 1.98. The molecule has 0 spiro atoms. The van der Waals surface area contributed by atoms with Crippen LogP contribution in [0.5, 0.6) is 0 Å². The van der Waals surface area contributed by atoms with Gasteiger partial charge in [-0.3, -0.25) is 4.79 Å². The summed E-state index contributed by atoms with van der Waals surface area (Å²) in [6.45, 7) is 1.99. The lowest BCUT2D eigenvalue weighted by Gasteiger charge is -2.02. The predicted molar refractivity (Wildman–Crippen MR) is 64.1 cm³/mol. The summed E-state index contributed by atoms with van der Waals surface area (Å²) in [7, 11) is 0. The molecule has 0 amide bonds. The number of nitrogens with zero attached hydrogens (tertiary/aromatic N) is 1. The molecule has 94 valence electrons. The van der Waals surface area contributed by atoms with Crippen LogP contribution >= 0.6 is 0 Å². The Hall–Kier alpha value is -1.06. The minimum absolute atomic E-state index is 0.289. The predicted octanol–water partition coefficient (Wildman–Crippen LogP) is 3.43. The van der Waals surface area contributed by atoms with Gasteiger partial charge in [0.2, 0.25) is 0 Å². The standard InChI is InChI=1S/C12H23NO3/c1-2-11(13-16)9-7-5-3-4-6-8-10-12(14)15/h16H,2-10H2,1H3,(H,14,15). The van der Waals surface area contributed by atoms with E-state index >= 15 is 0 Å². The van der Waals surface area contributed by atoms with Crippen molar-refractivity contribution in [3.63, 3.8) is 0 Å². The summed E-state index contributed by atoms with van der Waals surface area (Å²) < 4.78 is 0. The van der Waals surface area contributed by atoms with Crippen LogP contribution in [-0.2, 0) is 4.79 Å². The van der Waals surface area contributed by atoms with Gasteiger partial charge in [-0.25, -0.2) is 0 Å². The lowest BCUT2D eigenvalue weighted by Crippen LogP contribution is -1.96. The molecular weight excluding hydrogens is 206 g/mol. The van der Waals surface area contributed by atoms with Gasteiger partial charge in [-0.05, 0) is 25.7 Å². The Kier molecular flexibility index (Phi) is 9.76. The first-order chi connectivity index (χ1) is 7.70. The SMILES string of the molecule is CCC(CCCCCCCCC(=O)O)=NO. The van der Waals surface area contributed by atoms with Gasteiger partial charge in [0.05, 0.1) is 5.71 Å². The number of carboxylic acids is 1. The normalized spacial score (nSPS) is 11.7. The van der Waals surface area contributed by atoms with Crippen LogP contribution in [0.15, 0.2) is 5.16 Å². The monoisotopic (exact) mass is 229 g/mol. The average molecular weight is 229 g/mol. The van der Waals surface area contributed by atoms with Crippen molar-refractivity contribution in [2.24, 2.45) is 5.16 Å². The molecule has 0 radical (unpaired) electrons. The van der Waals surface area contributed by atoms with Crippen LogP contribution in [0.3, 0.4) is 0 Å². The summed E-state index contributed by atoms with van der Waals surface area (Å²) in [4.78, 5) is 10.2. The van der Waals surface area contributed by atoms with Crippen molar-refractivity contribution in [3.8, 4) is 0 Å². The first kappa shape index (κ1) is 14.9. The first-order valence-electron chi connectivity index (χ1n) is 6.12. The molecule has 4 nitrogen and oxygen atoms in total. The van der Waals surface area contributed by atoms with Gasteiger partial charge in [0, 0.05) is 6.42 Å². The molecule has 0 aliphatic rings. The van der Waals surface area contributed by atoms with E-state index in [1.807, 2.05) is 6.92 Å². The van der Waals surface area contributed by atoms with Crippen LogP contribution in [0.2, 0.25) is 0 Å². The van der Waals surface area contributed by atoms with Crippen LogP contribution in [-0.4, -0.2) is 22.0 Å². The van der Waals surface area contributed by atoms with Gasteiger partial charge in [-0.1, -0.05) is 37.8 Å². The molecule has 0 saturated heterocycles. The molecule has 0 aliphatic heterocycles. The van der Waals surface area contributed by atoms with Crippen LogP contribution in [0.25, 0.3) is 0 Å². The lowest BCUT2D eigenvalue weighted by molar-refractivity contribution is -0.137. The van der Waals surface area contributed by atoms with Crippen LogP contribution in [0.1, 0.15) is 64.7 Å². The third-order valence-electron chi connectivity index (χ3n) is 2.66. The summed E-state index contributed by atoms with van der Waals surface area (Å²) in [6, 6.07) is 0. The topological polar surface area (TPSA) is 69.9 Å². The van der Waals surface area contributed by atoms with Crippen molar-refractivity contribution in [1.82, 2.24) is 0 Å². The van der Waals surface area contributed by atoms with Crippen molar-refractivity contribution >= 4 is 11.7 Å². The largest absolute Gasteiger partial charge is 0.481 e. The number of unbranched alkanes of at least 4 members (excludes halogenated alkanes) is 5. The third-order valence-corrected chi connectivity index (χ3v) is 2.66. The zero-order valence-corrected chi connectivity index (χ0v) is 10.1. The van der Waals surface area contributed by atoms with E-state index in [0.29, 0.717) is 0 Å². The fraction of sp³-hybridized carbons (Fsp3) is 0.833. The smallest absolute Gasteiger partial charge is 0.303 e. The fourth-order valence-electron chi connectivity index (χ4n) is 1.61. The maximum atomic E-state index is 10.2. The van der Waals surface area contributed by atoms with Crippen molar-refractivity contribution in [3.05, 3.63) is 0 Å². The van der Waals surface area contributed by atoms with Gasteiger partial charge in [-0.2, -0.15) is 0 Å². The highest BCUT2D eigenvalue weighted by molar-refractivity contribution is 5.83. The van der Waals surface area contributed by atoms with Crippen LogP contribution in [0, 0.1) is 0 Å². The maximum Gasteiger partial charge on any atom is 0.303 e. The zero-order valence-electron chi connectivity index (χ0n) is 10.1. The number of hydrogen-bond donors (Lipinski definition) is 2. The molecule has 0 unspecified atom stereocenters. The molecule has 0 heterocycles. The molecule has 2 N–H and O–H groups in total. The second kappa shape index (κ2) is 10.5. The van der Waals surface area contributed by atoms with Crippen LogP contribution in [0.4, 0.5) is 0 Å².